The molecule has 2 atom stereocenters. The van der Waals surface area contributed by atoms with Gasteiger partial charge in [0.1, 0.15) is 0 Å². The second-order valence-electron chi connectivity index (χ2n) is 6.65. The van der Waals surface area contributed by atoms with Crippen molar-refractivity contribution in [3.8, 4) is 0 Å². The maximum Gasteiger partial charge on any atom is 0.251 e. The number of amides is 1. The molecule has 0 aromatic heterocycles. The van der Waals surface area contributed by atoms with Crippen molar-refractivity contribution in [1.82, 2.24) is 5.32 Å². The lowest BCUT2D eigenvalue weighted by atomic mass is 9.67. The quantitative estimate of drug-likeness (QED) is 0.858. The molecule has 1 aromatic carbocycles. The summed E-state index contributed by atoms with van der Waals surface area (Å²) in [6, 6.07) is 6.43. The van der Waals surface area contributed by atoms with Gasteiger partial charge in [0, 0.05) is 22.1 Å². The molecule has 0 heterocycles. The predicted octanol–water partition coefficient (Wildman–Crippen LogP) is 3.39. The van der Waals surface area contributed by atoms with Crippen LogP contribution in [0.5, 0.6) is 0 Å². The van der Waals surface area contributed by atoms with Crippen LogP contribution in [0.25, 0.3) is 0 Å². The number of nitrogens with two attached hydrogens (primary N) is 1. The molecule has 1 amide bonds. The Labute approximate surface area is 134 Å². The highest BCUT2D eigenvalue weighted by molar-refractivity contribution is 9.10. The topological polar surface area (TPSA) is 55.1 Å². The maximum absolute atomic E-state index is 12.5. The third-order valence-corrected chi connectivity index (χ3v) is 5.96. The summed E-state index contributed by atoms with van der Waals surface area (Å²) in [5, 5.41) is 3.29. The molecular formula is C17H23BrN2O. The van der Waals surface area contributed by atoms with Crippen molar-refractivity contribution >= 4 is 21.8 Å². The molecule has 0 radical (unpaired) electrons. The van der Waals surface area contributed by atoms with Crippen LogP contribution < -0.4 is 11.1 Å². The van der Waals surface area contributed by atoms with E-state index in [1.54, 1.807) is 0 Å². The fraction of sp³-hybridized carbons (Fsp3) is 0.588. The maximum atomic E-state index is 12.5. The van der Waals surface area contributed by atoms with Crippen molar-refractivity contribution in [3.63, 3.8) is 0 Å². The fourth-order valence-electron chi connectivity index (χ4n) is 3.99. The number of fused-ring (bicyclic) bond motifs is 2. The summed E-state index contributed by atoms with van der Waals surface area (Å²) in [6.07, 6.45) is 5.79. The number of halogens is 1. The molecule has 2 fully saturated rings. The van der Waals surface area contributed by atoms with Gasteiger partial charge in [-0.2, -0.15) is 0 Å². The van der Waals surface area contributed by atoms with E-state index < -0.39 is 0 Å². The first-order chi connectivity index (χ1) is 10.0. The van der Waals surface area contributed by atoms with Crippen molar-refractivity contribution in [3.05, 3.63) is 33.8 Å². The van der Waals surface area contributed by atoms with Crippen LogP contribution in [0.2, 0.25) is 0 Å². The Morgan fingerprint density at radius 3 is 2.57 bits per heavy atom. The highest BCUT2D eigenvalue weighted by atomic mass is 79.9. The van der Waals surface area contributed by atoms with E-state index in [1.165, 1.54) is 19.3 Å². The van der Waals surface area contributed by atoms with Crippen molar-refractivity contribution in [2.75, 3.05) is 0 Å². The van der Waals surface area contributed by atoms with E-state index in [0.717, 1.165) is 28.4 Å². The molecule has 2 unspecified atom stereocenters. The zero-order chi connectivity index (χ0) is 15.0. The minimum Gasteiger partial charge on any atom is -0.349 e. The van der Waals surface area contributed by atoms with E-state index in [1.807, 2.05) is 25.1 Å². The molecule has 0 spiro atoms. The second-order valence-corrected chi connectivity index (χ2v) is 7.50. The van der Waals surface area contributed by atoms with E-state index in [-0.39, 0.29) is 5.91 Å². The molecule has 3 rings (SSSR count). The van der Waals surface area contributed by atoms with Crippen LogP contribution in [0.3, 0.4) is 0 Å². The summed E-state index contributed by atoms with van der Waals surface area (Å²) in [7, 11) is 0. The summed E-state index contributed by atoms with van der Waals surface area (Å²) in [5.41, 5.74) is 8.03. The van der Waals surface area contributed by atoms with Crippen LogP contribution in [0.1, 0.15) is 48.0 Å². The van der Waals surface area contributed by atoms with Crippen molar-refractivity contribution in [2.24, 2.45) is 17.6 Å². The van der Waals surface area contributed by atoms with Crippen LogP contribution >= 0.6 is 15.9 Å². The molecule has 3 N–H and O–H groups in total. The van der Waals surface area contributed by atoms with Gasteiger partial charge in [-0.3, -0.25) is 4.79 Å². The molecule has 2 aliphatic carbocycles. The first-order valence-electron chi connectivity index (χ1n) is 7.87. The Kier molecular flexibility index (Phi) is 4.36. The Balaban J connectivity index is 1.73. The van der Waals surface area contributed by atoms with E-state index in [9.17, 15) is 4.79 Å². The molecule has 2 bridgehead atoms. The zero-order valence-electron chi connectivity index (χ0n) is 12.4. The summed E-state index contributed by atoms with van der Waals surface area (Å²) >= 11 is 3.50. The van der Waals surface area contributed by atoms with Crippen molar-refractivity contribution < 1.29 is 4.79 Å². The number of hydrogen-bond acceptors (Lipinski definition) is 2. The molecule has 0 saturated heterocycles. The average Bonchev–Trinajstić information content (AvgIpc) is 2.42. The van der Waals surface area contributed by atoms with Crippen LogP contribution in [0.4, 0.5) is 0 Å². The number of hydrogen-bond donors (Lipinski definition) is 2. The predicted molar refractivity (Wildman–Crippen MR) is 88.2 cm³/mol. The minimum absolute atomic E-state index is 0.0491. The number of carbonyl (C=O) groups excluding carboxylic acids is 1. The molecule has 21 heavy (non-hydrogen) atoms. The summed E-state index contributed by atoms with van der Waals surface area (Å²) in [6.45, 7) is 2.03. The highest BCUT2D eigenvalue weighted by Crippen LogP contribution is 2.39. The average molecular weight is 351 g/mol. The Hall–Kier alpha value is -0.870. The molecule has 4 heteroatoms. The van der Waals surface area contributed by atoms with Gasteiger partial charge >= 0.3 is 0 Å². The first kappa shape index (κ1) is 15.0. The molecule has 3 nitrogen and oxygen atoms in total. The lowest BCUT2D eigenvalue weighted by Crippen LogP contribution is -2.53. The van der Waals surface area contributed by atoms with Gasteiger partial charge in [0.25, 0.3) is 5.91 Å². The third-order valence-electron chi connectivity index (χ3n) is 5.11. The van der Waals surface area contributed by atoms with E-state index in [2.05, 4.69) is 21.2 Å². The van der Waals surface area contributed by atoms with Gasteiger partial charge in [-0.05, 0) is 62.1 Å². The molecular weight excluding hydrogens is 328 g/mol. The van der Waals surface area contributed by atoms with Gasteiger partial charge in [-0.15, -0.1) is 0 Å². The third kappa shape index (κ3) is 3.16. The Morgan fingerprint density at radius 2 is 1.95 bits per heavy atom. The minimum atomic E-state index is 0.0491. The monoisotopic (exact) mass is 350 g/mol. The number of nitrogens with one attached hydrogen (secondary N) is 1. The molecule has 0 aliphatic heterocycles. The molecule has 114 valence electrons. The lowest BCUT2D eigenvalue weighted by molar-refractivity contribution is 0.0756. The zero-order valence-corrected chi connectivity index (χ0v) is 14.0. The van der Waals surface area contributed by atoms with Crippen LogP contribution in [-0.2, 0) is 0 Å². The number of benzene rings is 1. The Bertz CT molecular complexity index is 532. The van der Waals surface area contributed by atoms with Gasteiger partial charge in [0.15, 0.2) is 0 Å². The molecule has 2 saturated carbocycles. The number of carbonyl (C=O) groups is 1. The van der Waals surface area contributed by atoms with Gasteiger partial charge < -0.3 is 11.1 Å². The first-order valence-corrected chi connectivity index (χ1v) is 8.66. The molecule has 1 aromatic rings. The summed E-state index contributed by atoms with van der Waals surface area (Å²) in [5.74, 6) is 1.17. The van der Waals surface area contributed by atoms with Crippen molar-refractivity contribution in [2.45, 2.75) is 51.1 Å². The molecule has 2 aliphatic rings. The highest BCUT2D eigenvalue weighted by Gasteiger charge is 2.39. The van der Waals surface area contributed by atoms with Gasteiger partial charge in [0.05, 0.1) is 0 Å². The number of aryl methyl sites for hydroxylation is 1. The fourth-order valence-corrected chi connectivity index (χ4v) is 4.37. The van der Waals surface area contributed by atoms with Crippen LogP contribution in [0, 0.1) is 18.8 Å². The SMILES string of the molecule is Cc1ccc(C(=O)NC2C3CCCC2CC(N)C3)cc1Br. The second kappa shape index (κ2) is 6.09. The summed E-state index contributed by atoms with van der Waals surface area (Å²) < 4.78 is 0.987. The van der Waals surface area contributed by atoms with Gasteiger partial charge in [-0.25, -0.2) is 0 Å². The van der Waals surface area contributed by atoms with Crippen LogP contribution in [0.15, 0.2) is 22.7 Å². The van der Waals surface area contributed by atoms with Gasteiger partial charge in [0.2, 0.25) is 0 Å². The Morgan fingerprint density at radius 1 is 1.29 bits per heavy atom. The lowest BCUT2D eigenvalue weighted by Gasteiger charge is -2.45. The standard InChI is InChI=1S/C17H23BrN2O/c1-10-5-6-13(9-15(10)18)17(21)20-16-11-3-2-4-12(16)8-14(19)7-11/h5-6,9,11-12,14,16H,2-4,7-8,19H2,1H3,(H,20,21). The van der Waals surface area contributed by atoms with E-state index >= 15 is 0 Å². The van der Waals surface area contributed by atoms with Gasteiger partial charge in [-0.1, -0.05) is 28.4 Å². The number of rotatable bonds is 2. The largest absolute Gasteiger partial charge is 0.349 e. The summed E-state index contributed by atoms with van der Waals surface area (Å²) in [4.78, 5) is 12.5. The van der Waals surface area contributed by atoms with E-state index in [4.69, 9.17) is 5.73 Å². The van der Waals surface area contributed by atoms with E-state index in [0.29, 0.717) is 23.9 Å². The normalized spacial score (nSPS) is 31.8. The van der Waals surface area contributed by atoms with Crippen molar-refractivity contribution in [1.29, 1.82) is 0 Å². The van der Waals surface area contributed by atoms with Crippen LogP contribution in [-0.4, -0.2) is 18.0 Å². The smallest absolute Gasteiger partial charge is 0.251 e.